The highest BCUT2D eigenvalue weighted by Crippen LogP contribution is 2.25. The summed E-state index contributed by atoms with van der Waals surface area (Å²) < 4.78 is 0. The van der Waals surface area contributed by atoms with Crippen molar-refractivity contribution >= 4 is 0 Å². The molecule has 3 unspecified atom stereocenters. The molecular weight excluding hydrogens is 160 g/mol. The van der Waals surface area contributed by atoms with E-state index in [1.54, 1.807) is 0 Å². The molecule has 0 amide bonds. The van der Waals surface area contributed by atoms with Crippen molar-refractivity contribution in [3.63, 3.8) is 0 Å². The maximum Gasteiger partial charge on any atom is 0.0638 e. The maximum absolute atomic E-state index is 8.64. The van der Waals surface area contributed by atoms with E-state index >= 15 is 0 Å². The molecule has 0 aromatic heterocycles. The van der Waals surface area contributed by atoms with Crippen molar-refractivity contribution in [2.45, 2.75) is 52.1 Å². The van der Waals surface area contributed by atoms with Gasteiger partial charge in [0, 0.05) is 12.1 Å². The molecule has 0 aromatic carbocycles. The summed E-state index contributed by atoms with van der Waals surface area (Å²) >= 11 is 0. The quantitative estimate of drug-likeness (QED) is 0.652. The van der Waals surface area contributed by atoms with Crippen LogP contribution in [0.1, 0.15) is 40.0 Å². The number of nitrogens with zero attached hydrogens (tertiary/aromatic N) is 2. The number of piperidine rings is 1. The Balaban J connectivity index is 2.52. The van der Waals surface area contributed by atoms with E-state index in [1.165, 1.54) is 19.4 Å². The summed E-state index contributed by atoms with van der Waals surface area (Å²) in [6, 6.07) is 3.34. The molecule has 74 valence electrons. The van der Waals surface area contributed by atoms with Gasteiger partial charge in [-0.25, -0.2) is 0 Å². The average Bonchev–Trinajstić information content (AvgIpc) is 2.10. The zero-order valence-electron chi connectivity index (χ0n) is 8.95. The number of nitriles is 1. The van der Waals surface area contributed by atoms with E-state index in [-0.39, 0.29) is 0 Å². The lowest BCUT2D eigenvalue weighted by Gasteiger charge is -2.41. The topological polar surface area (TPSA) is 27.0 Å². The van der Waals surface area contributed by atoms with Crippen molar-refractivity contribution < 1.29 is 0 Å². The van der Waals surface area contributed by atoms with Crippen LogP contribution in [-0.2, 0) is 0 Å². The first-order valence-electron chi connectivity index (χ1n) is 5.29. The summed E-state index contributed by atoms with van der Waals surface area (Å²) in [5.41, 5.74) is 0. The van der Waals surface area contributed by atoms with Crippen LogP contribution in [0.15, 0.2) is 0 Å². The number of rotatable bonds is 2. The molecule has 0 aromatic rings. The summed E-state index contributed by atoms with van der Waals surface area (Å²) in [5.74, 6) is 0.787. The molecular formula is C11H20N2. The summed E-state index contributed by atoms with van der Waals surface area (Å²) in [6.07, 6.45) is 3.30. The van der Waals surface area contributed by atoms with Crippen molar-refractivity contribution in [3.05, 3.63) is 0 Å². The van der Waals surface area contributed by atoms with Gasteiger partial charge < -0.3 is 0 Å². The lowest BCUT2D eigenvalue weighted by atomic mass is 9.90. The Hall–Kier alpha value is -0.550. The van der Waals surface area contributed by atoms with E-state index in [9.17, 15) is 0 Å². The monoisotopic (exact) mass is 180 g/mol. The van der Waals surface area contributed by atoms with Crippen LogP contribution < -0.4 is 0 Å². The Kier molecular flexibility index (Phi) is 3.74. The summed E-state index contributed by atoms with van der Waals surface area (Å²) in [7, 11) is 0. The molecule has 0 aliphatic carbocycles. The van der Waals surface area contributed by atoms with Gasteiger partial charge in [0.15, 0.2) is 0 Å². The summed E-state index contributed by atoms with van der Waals surface area (Å²) in [6.45, 7) is 7.94. The van der Waals surface area contributed by atoms with Gasteiger partial charge in [0.25, 0.3) is 0 Å². The standard InChI is InChI=1S/C11H20N2/c1-9-5-4-8-13(11(9)3)10(2)6-7-12/h9-11H,4-6,8H2,1-3H3. The molecule has 1 saturated heterocycles. The van der Waals surface area contributed by atoms with Gasteiger partial charge in [0.2, 0.25) is 0 Å². The van der Waals surface area contributed by atoms with Crippen molar-refractivity contribution in [1.82, 2.24) is 4.90 Å². The van der Waals surface area contributed by atoms with Crippen LogP contribution >= 0.6 is 0 Å². The van der Waals surface area contributed by atoms with Crippen LogP contribution in [0.2, 0.25) is 0 Å². The zero-order chi connectivity index (χ0) is 9.84. The second-order valence-corrected chi connectivity index (χ2v) is 4.31. The Morgan fingerprint density at radius 2 is 2.23 bits per heavy atom. The Bertz CT molecular complexity index is 195. The van der Waals surface area contributed by atoms with E-state index in [4.69, 9.17) is 5.26 Å². The predicted octanol–water partition coefficient (Wildman–Crippen LogP) is 2.41. The molecule has 0 radical (unpaired) electrons. The number of hydrogen-bond donors (Lipinski definition) is 0. The lowest BCUT2D eigenvalue weighted by Crippen LogP contribution is -2.47. The van der Waals surface area contributed by atoms with Crippen LogP contribution in [-0.4, -0.2) is 23.5 Å². The normalized spacial score (nSPS) is 32.5. The van der Waals surface area contributed by atoms with E-state index in [0.29, 0.717) is 18.5 Å². The fraction of sp³-hybridized carbons (Fsp3) is 0.909. The highest BCUT2D eigenvalue weighted by atomic mass is 15.2. The number of likely N-dealkylation sites (tertiary alicyclic amines) is 1. The second kappa shape index (κ2) is 4.62. The minimum atomic E-state index is 0.433. The van der Waals surface area contributed by atoms with E-state index < -0.39 is 0 Å². The molecule has 0 saturated carbocycles. The molecule has 1 aliphatic rings. The zero-order valence-corrected chi connectivity index (χ0v) is 8.95. The van der Waals surface area contributed by atoms with Crippen LogP contribution in [0.25, 0.3) is 0 Å². The van der Waals surface area contributed by atoms with Crippen LogP contribution in [0.3, 0.4) is 0 Å². The molecule has 1 heterocycles. The van der Waals surface area contributed by atoms with Crippen molar-refractivity contribution in [2.24, 2.45) is 5.92 Å². The predicted molar refractivity (Wildman–Crippen MR) is 54.3 cm³/mol. The lowest BCUT2D eigenvalue weighted by molar-refractivity contribution is 0.0773. The molecule has 2 nitrogen and oxygen atoms in total. The number of hydrogen-bond acceptors (Lipinski definition) is 2. The molecule has 0 bridgehead atoms. The highest BCUT2D eigenvalue weighted by molar-refractivity contribution is 4.86. The van der Waals surface area contributed by atoms with E-state index in [1.807, 2.05) is 0 Å². The minimum absolute atomic E-state index is 0.433. The Morgan fingerprint density at radius 1 is 1.54 bits per heavy atom. The van der Waals surface area contributed by atoms with E-state index in [0.717, 1.165) is 5.92 Å². The molecule has 0 spiro atoms. The second-order valence-electron chi connectivity index (χ2n) is 4.31. The van der Waals surface area contributed by atoms with Crippen LogP contribution in [0.5, 0.6) is 0 Å². The first-order chi connectivity index (χ1) is 6.16. The minimum Gasteiger partial charge on any atom is -0.297 e. The smallest absolute Gasteiger partial charge is 0.0638 e. The van der Waals surface area contributed by atoms with Gasteiger partial charge >= 0.3 is 0 Å². The molecule has 0 N–H and O–H groups in total. The molecule has 2 heteroatoms. The van der Waals surface area contributed by atoms with Crippen LogP contribution in [0, 0.1) is 17.2 Å². The molecule has 1 fully saturated rings. The summed E-state index contributed by atoms with van der Waals surface area (Å²) in [5, 5.41) is 8.64. The van der Waals surface area contributed by atoms with Gasteiger partial charge in [-0.2, -0.15) is 5.26 Å². The third-order valence-electron chi connectivity index (χ3n) is 3.38. The fourth-order valence-corrected chi connectivity index (χ4v) is 2.24. The van der Waals surface area contributed by atoms with Crippen molar-refractivity contribution in [1.29, 1.82) is 5.26 Å². The Labute approximate surface area is 81.5 Å². The maximum atomic E-state index is 8.64. The molecule has 3 atom stereocenters. The van der Waals surface area contributed by atoms with Gasteiger partial charge in [-0.05, 0) is 39.2 Å². The molecule has 1 rings (SSSR count). The van der Waals surface area contributed by atoms with Gasteiger partial charge in [-0.15, -0.1) is 0 Å². The first kappa shape index (κ1) is 10.5. The van der Waals surface area contributed by atoms with Gasteiger partial charge in [-0.1, -0.05) is 6.92 Å². The average molecular weight is 180 g/mol. The van der Waals surface area contributed by atoms with Gasteiger partial charge in [0.1, 0.15) is 0 Å². The Morgan fingerprint density at radius 3 is 2.85 bits per heavy atom. The fourth-order valence-electron chi connectivity index (χ4n) is 2.24. The molecule has 1 aliphatic heterocycles. The third-order valence-corrected chi connectivity index (χ3v) is 3.38. The van der Waals surface area contributed by atoms with Crippen molar-refractivity contribution in [3.8, 4) is 6.07 Å². The van der Waals surface area contributed by atoms with E-state index in [2.05, 4.69) is 31.7 Å². The van der Waals surface area contributed by atoms with Gasteiger partial charge in [0.05, 0.1) is 12.5 Å². The first-order valence-corrected chi connectivity index (χ1v) is 5.29. The SMILES string of the molecule is CC1CCCN(C(C)CC#N)C1C. The van der Waals surface area contributed by atoms with Crippen molar-refractivity contribution in [2.75, 3.05) is 6.54 Å². The molecule has 13 heavy (non-hydrogen) atoms. The largest absolute Gasteiger partial charge is 0.297 e. The van der Waals surface area contributed by atoms with Gasteiger partial charge in [-0.3, -0.25) is 4.90 Å². The summed E-state index contributed by atoms with van der Waals surface area (Å²) in [4.78, 5) is 2.48. The third kappa shape index (κ3) is 2.45. The highest BCUT2D eigenvalue weighted by Gasteiger charge is 2.27. The van der Waals surface area contributed by atoms with Crippen LogP contribution in [0.4, 0.5) is 0 Å².